The molecule has 0 spiro atoms. The molecule has 2 aliphatic rings. The van der Waals surface area contributed by atoms with E-state index >= 15 is 0 Å². The first kappa shape index (κ1) is 11.1. The van der Waals surface area contributed by atoms with E-state index in [1.165, 1.54) is 19.1 Å². The van der Waals surface area contributed by atoms with Crippen molar-refractivity contribution in [1.82, 2.24) is 0 Å². The van der Waals surface area contributed by atoms with Crippen LogP contribution in [0.25, 0.3) is 0 Å². The Hall–Kier alpha value is -0.370. The smallest absolute Gasteiger partial charge is 0.126 e. The van der Waals surface area contributed by atoms with Gasteiger partial charge in [0.15, 0.2) is 0 Å². The van der Waals surface area contributed by atoms with Crippen LogP contribution in [0.3, 0.4) is 0 Å². The van der Waals surface area contributed by atoms with Crippen LogP contribution in [0.2, 0.25) is 0 Å². The quantitative estimate of drug-likeness (QED) is 0.669. The van der Waals surface area contributed by atoms with Crippen molar-refractivity contribution in [1.29, 1.82) is 0 Å². The van der Waals surface area contributed by atoms with Crippen molar-refractivity contribution in [2.45, 2.75) is 64.6 Å². The fourth-order valence-electron chi connectivity index (χ4n) is 3.26. The van der Waals surface area contributed by atoms with Gasteiger partial charge in [0.2, 0.25) is 0 Å². The number of aldehydes is 1. The average molecular weight is 210 g/mol. The van der Waals surface area contributed by atoms with E-state index in [0.717, 1.165) is 25.7 Å². The van der Waals surface area contributed by atoms with Crippen LogP contribution in [0.4, 0.5) is 0 Å². The van der Waals surface area contributed by atoms with Gasteiger partial charge in [-0.3, -0.25) is 0 Å². The van der Waals surface area contributed by atoms with Crippen LogP contribution in [0.1, 0.15) is 52.4 Å². The van der Waals surface area contributed by atoms with E-state index in [9.17, 15) is 4.79 Å². The van der Waals surface area contributed by atoms with E-state index in [1.807, 2.05) is 0 Å². The van der Waals surface area contributed by atoms with Gasteiger partial charge in [-0.05, 0) is 44.9 Å². The molecule has 0 aromatic heterocycles. The summed E-state index contributed by atoms with van der Waals surface area (Å²) < 4.78 is 5.84. The van der Waals surface area contributed by atoms with Crippen LogP contribution in [0.15, 0.2) is 0 Å². The summed E-state index contributed by atoms with van der Waals surface area (Å²) in [5.41, 5.74) is -0.0608. The lowest BCUT2D eigenvalue weighted by molar-refractivity contribution is -0.120. The predicted molar refractivity (Wildman–Crippen MR) is 59.7 cm³/mol. The van der Waals surface area contributed by atoms with Crippen LogP contribution < -0.4 is 0 Å². The number of rotatable bonds is 3. The van der Waals surface area contributed by atoms with Crippen LogP contribution >= 0.6 is 0 Å². The molecule has 1 aliphatic heterocycles. The summed E-state index contributed by atoms with van der Waals surface area (Å²) in [6, 6.07) is 0. The molecule has 86 valence electrons. The molecule has 1 heterocycles. The summed E-state index contributed by atoms with van der Waals surface area (Å²) in [5, 5.41) is 0. The van der Waals surface area contributed by atoms with Crippen molar-refractivity contribution in [3.8, 4) is 0 Å². The monoisotopic (exact) mass is 210 g/mol. The highest BCUT2D eigenvalue weighted by Gasteiger charge is 2.43. The molecule has 0 N–H and O–H groups in total. The third kappa shape index (κ3) is 2.10. The van der Waals surface area contributed by atoms with Crippen molar-refractivity contribution in [2.75, 3.05) is 0 Å². The minimum absolute atomic E-state index is 0.0608. The van der Waals surface area contributed by atoms with Crippen LogP contribution in [0.5, 0.6) is 0 Å². The van der Waals surface area contributed by atoms with E-state index in [1.54, 1.807) is 0 Å². The Bertz CT molecular complexity index is 239. The molecule has 0 aromatic carbocycles. The highest BCUT2D eigenvalue weighted by Crippen LogP contribution is 2.46. The number of hydrogen-bond acceptors (Lipinski definition) is 2. The fraction of sp³-hybridized carbons (Fsp3) is 0.923. The molecule has 0 aromatic rings. The zero-order chi connectivity index (χ0) is 10.9. The van der Waals surface area contributed by atoms with E-state index in [-0.39, 0.29) is 5.41 Å². The van der Waals surface area contributed by atoms with Crippen molar-refractivity contribution < 1.29 is 9.53 Å². The van der Waals surface area contributed by atoms with Crippen molar-refractivity contribution in [2.24, 2.45) is 11.3 Å². The Balaban J connectivity index is 1.99. The molecule has 4 unspecified atom stereocenters. The van der Waals surface area contributed by atoms with Gasteiger partial charge in [0.25, 0.3) is 0 Å². The third-order valence-corrected chi connectivity index (χ3v) is 4.42. The topological polar surface area (TPSA) is 26.3 Å². The summed E-state index contributed by atoms with van der Waals surface area (Å²) in [7, 11) is 0. The van der Waals surface area contributed by atoms with Crippen LogP contribution in [-0.4, -0.2) is 18.5 Å². The molecule has 4 atom stereocenters. The number of hydrogen-bond donors (Lipinski definition) is 0. The molecule has 1 aliphatic carbocycles. The van der Waals surface area contributed by atoms with E-state index < -0.39 is 0 Å². The highest BCUT2D eigenvalue weighted by atomic mass is 16.5. The molecule has 1 saturated heterocycles. The SMILES string of the molecule is CC1CCC(CC2(C=O)CCCC2C)O1. The first-order valence-corrected chi connectivity index (χ1v) is 6.28. The maximum absolute atomic E-state index is 11.4. The molecule has 0 bridgehead atoms. The van der Waals surface area contributed by atoms with Crippen molar-refractivity contribution in [3.05, 3.63) is 0 Å². The number of carbonyl (C=O) groups is 1. The second-order valence-corrected chi connectivity index (χ2v) is 5.49. The van der Waals surface area contributed by atoms with Crippen molar-refractivity contribution in [3.63, 3.8) is 0 Å². The summed E-state index contributed by atoms with van der Waals surface area (Å²) in [4.78, 5) is 11.4. The second kappa shape index (κ2) is 4.25. The minimum atomic E-state index is -0.0608. The molecule has 2 rings (SSSR count). The third-order valence-electron chi connectivity index (χ3n) is 4.42. The Labute approximate surface area is 92.4 Å². The number of carbonyl (C=O) groups excluding carboxylic acids is 1. The largest absolute Gasteiger partial charge is 0.375 e. The van der Waals surface area contributed by atoms with Crippen LogP contribution in [-0.2, 0) is 9.53 Å². The molecule has 0 amide bonds. The second-order valence-electron chi connectivity index (χ2n) is 5.49. The lowest BCUT2D eigenvalue weighted by Gasteiger charge is -2.30. The van der Waals surface area contributed by atoms with E-state index in [0.29, 0.717) is 18.1 Å². The zero-order valence-electron chi connectivity index (χ0n) is 9.87. The van der Waals surface area contributed by atoms with E-state index in [4.69, 9.17) is 4.74 Å². The van der Waals surface area contributed by atoms with Gasteiger partial charge in [-0.15, -0.1) is 0 Å². The van der Waals surface area contributed by atoms with E-state index in [2.05, 4.69) is 13.8 Å². The first-order chi connectivity index (χ1) is 7.16. The van der Waals surface area contributed by atoms with Crippen LogP contribution in [0, 0.1) is 11.3 Å². The van der Waals surface area contributed by atoms with Gasteiger partial charge >= 0.3 is 0 Å². The summed E-state index contributed by atoms with van der Waals surface area (Å²) in [5.74, 6) is 0.550. The van der Waals surface area contributed by atoms with Gasteiger partial charge in [-0.25, -0.2) is 0 Å². The van der Waals surface area contributed by atoms with Crippen molar-refractivity contribution >= 4 is 6.29 Å². The van der Waals surface area contributed by atoms with Gasteiger partial charge in [0.1, 0.15) is 6.29 Å². The lowest BCUT2D eigenvalue weighted by atomic mass is 9.75. The Morgan fingerprint density at radius 2 is 2.13 bits per heavy atom. The standard InChI is InChI=1S/C13H22O2/c1-10-4-3-7-13(10,9-14)8-12-6-5-11(2)15-12/h9-12H,3-8H2,1-2H3. The van der Waals surface area contributed by atoms with Gasteiger partial charge in [-0.1, -0.05) is 13.3 Å². The van der Waals surface area contributed by atoms with Gasteiger partial charge < -0.3 is 9.53 Å². The molecule has 15 heavy (non-hydrogen) atoms. The van der Waals surface area contributed by atoms with Gasteiger partial charge in [0.05, 0.1) is 12.2 Å². The Kier molecular flexibility index (Phi) is 3.15. The average Bonchev–Trinajstić information content (AvgIpc) is 2.76. The molecule has 2 nitrogen and oxygen atoms in total. The maximum Gasteiger partial charge on any atom is 0.126 e. The first-order valence-electron chi connectivity index (χ1n) is 6.28. The maximum atomic E-state index is 11.4. The normalized spacial score (nSPS) is 45.9. The van der Waals surface area contributed by atoms with Gasteiger partial charge in [0, 0.05) is 5.41 Å². The summed E-state index contributed by atoms with van der Waals surface area (Å²) >= 11 is 0. The lowest BCUT2D eigenvalue weighted by Crippen LogP contribution is -2.30. The molecular weight excluding hydrogens is 188 g/mol. The number of ether oxygens (including phenoxy) is 1. The molecule has 1 saturated carbocycles. The summed E-state index contributed by atoms with van der Waals surface area (Å²) in [6.45, 7) is 4.35. The summed E-state index contributed by atoms with van der Waals surface area (Å²) in [6.07, 6.45) is 8.71. The predicted octanol–water partition coefficient (Wildman–Crippen LogP) is 2.95. The zero-order valence-corrected chi connectivity index (χ0v) is 9.87. The fourth-order valence-corrected chi connectivity index (χ4v) is 3.26. The molecular formula is C13H22O2. The molecule has 2 fully saturated rings. The Morgan fingerprint density at radius 1 is 1.33 bits per heavy atom. The van der Waals surface area contributed by atoms with Gasteiger partial charge in [-0.2, -0.15) is 0 Å². The molecule has 2 heteroatoms. The highest BCUT2D eigenvalue weighted by molar-refractivity contribution is 5.60. The molecule has 0 radical (unpaired) electrons. The Morgan fingerprint density at radius 3 is 2.60 bits per heavy atom. The minimum Gasteiger partial charge on any atom is -0.375 e.